The maximum Gasteiger partial charge on any atom is 0.411 e. The Bertz CT molecular complexity index is 460. The third-order valence-electron chi connectivity index (χ3n) is 2.29. The normalized spacial score (nSPS) is 12.8. The van der Waals surface area contributed by atoms with Gasteiger partial charge in [0.1, 0.15) is 25.0 Å². The molecular formula is C12H15F3N2O4. The molecule has 6 nitrogen and oxygen atoms in total. The predicted octanol–water partition coefficient (Wildman–Crippen LogP) is 0.979. The van der Waals surface area contributed by atoms with Crippen LogP contribution in [0.2, 0.25) is 0 Å². The van der Waals surface area contributed by atoms with E-state index in [1.165, 1.54) is 13.2 Å². The fourth-order valence-corrected chi connectivity index (χ4v) is 1.35. The van der Waals surface area contributed by atoms with E-state index >= 15 is 0 Å². The average Bonchev–Trinajstić information content (AvgIpc) is 2.87. The number of hydrogen-bond donors (Lipinski definition) is 2. The maximum absolute atomic E-state index is 11.8. The van der Waals surface area contributed by atoms with E-state index < -0.39 is 37.2 Å². The summed E-state index contributed by atoms with van der Waals surface area (Å²) in [6.45, 7) is -0.732. The minimum atomic E-state index is -4.49. The Balaban J connectivity index is 2.23. The largest absolute Gasteiger partial charge is 0.467 e. The van der Waals surface area contributed by atoms with Crippen LogP contribution in [0.3, 0.4) is 0 Å². The van der Waals surface area contributed by atoms with Crippen LogP contribution < -0.4 is 10.6 Å². The molecule has 1 aromatic heterocycles. The summed E-state index contributed by atoms with van der Waals surface area (Å²) in [4.78, 5) is 22.9. The molecule has 0 aliphatic rings. The Morgan fingerprint density at radius 3 is 2.71 bits per heavy atom. The molecule has 0 bridgehead atoms. The molecule has 0 spiro atoms. The van der Waals surface area contributed by atoms with Gasteiger partial charge >= 0.3 is 6.18 Å². The molecule has 9 heteroatoms. The number of carbonyl (C=O) groups is 2. The van der Waals surface area contributed by atoms with Crippen LogP contribution in [0.5, 0.6) is 0 Å². The van der Waals surface area contributed by atoms with E-state index in [0.717, 1.165) is 0 Å². The summed E-state index contributed by atoms with van der Waals surface area (Å²) in [5.41, 5.74) is 0. The first-order valence-electron chi connectivity index (χ1n) is 6.02. The molecule has 1 heterocycles. The van der Waals surface area contributed by atoms with Crippen LogP contribution in [0, 0.1) is 0 Å². The molecule has 1 atom stereocenters. The van der Waals surface area contributed by atoms with Gasteiger partial charge in [0.2, 0.25) is 11.8 Å². The van der Waals surface area contributed by atoms with E-state index in [0.29, 0.717) is 5.76 Å². The van der Waals surface area contributed by atoms with Crippen LogP contribution in [0.4, 0.5) is 13.2 Å². The van der Waals surface area contributed by atoms with Crippen molar-refractivity contribution in [1.82, 2.24) is 10.6 Å². The number of amides is 2. The standard InChI is InChI=1S/C12H15F3N2O4/c1-8(11(19)16-5-9-3-2-4-21-9)17-10(18)6-20-7-12(13,14)15/h2-4,8H,5-7H2,1H3,(H,16,19)(H,17,18)/t8-/m1/s1. The molecule has 0 aromatic carbocycles. The molecule has 21 heavy (non-hydrogen) atoms. The number of nitrogens with one attached hydrogen (secondary N) is 2. The van der Waals surface area contributed by atoms with Crippen LogP contribution in [0.1, 0.15) is 12.7 Å². The van der Waals surface area contributed by atoms with Crippen LogP contribution in [0.15, 0.2) is 22.8 Å². The zero-order chi connectivity index (χ0) is 15.9. The number of ether oxygens (including phenoxy) is 1. The molecule has 0 aliphatic carbocycles. The molecule has 1 rings (SSSR count). The monoisotopic (exact) mass is 308 g/mol. The fraction of sp³-hybridized carbons (Fsp3) is 0.500. The number of carbonyl (C=O) groups excluding carboxylic acids is 2. The Hall–Kier alpha value is -2.03. The van der Waals surface area contributed by atoms with Crippen LogP contribution in [0.25, 0.3) is 0 Å². The first kappa shape index (κ1) is 17.0. The second-order valence-corrected chi connectivity index (χ2v) is 4.19. The number of hydrogen-bond acceptors (Lipinski definition) is 4. The summed E-state index contributed by atoms with van der Waals surface area (Å²) in [5, 5.41) is 4.72. The van der Waals surface area contributed by atoms with Crippen molar-refractivity contribution in [2.24, 2.45) is 0 Å². The maximum atomic E-state index is 11.8. The van der Waals surface area contributed by atoms with Gasteiger partial charge in [-0.3, -0.25) is 9.59 Å². The zero-order valence-corrected chi connectivity index (χ0v) is 11.2. The van der Waals surface area contributed by atoms with Gasteiger partial charge in [0.25, 0.3) is 0 Å². The van der Waals surface area contributed by atoms with Gasteiger partial charge in [-0.05, 0) is 19.1 Å². The second kappa shape index (κ2) is 7.67. The van der Waals surface area contributed by atoms with Crippen LogP contribution in [-0.4, -0.2) is 37.2 Å². The van der Waals surface area contributed by atoms with E-state index in [9.17, 15) is 22.8 Å². The highest BCUT2D eigenvalue weighted by Crippen LogP contribution is 2.14. The first-order valence-corrected chi connectivity index (χ1v) is 6.02. The van der Waals surface area contributed by atoms with Gasteiger partial charge in [-0.2, -0.15) is 13.2 Å². The molecule has 0 radical (unpaired) electrons. The lowest BCUT2D eigenvalue weighted by Gasteiger charge is -2.14. The predicted molar refractivity (Wildman–Crippen MR) is 65.0 cm³/mol. The van der Waals surface area contributed by atoms with Crippen molar-refractivity contribution >= 4 is 11.8 Å². The zero-order valence-electron chi connectivity index (χ0n) is 11.2. The third kappa shape index (κ3) is 7.35. The van der Waals surface area contributed by atoms with E-state index in [4.69, 9.17) is 4.42 Å². The fourth-order valence-electron chi connectivity index (χ4n) is 1.35. The highest BCUT2D eigenvalue weighted by molar-refractivity contribution is 5.87. The van der Waals surface area contributed by atoms with Gasteiger partial charge in [0.05, 0.1) is 12.8 Å². The van der Waals surface area contributed by atoms with E-state index in [1.54, 1.807) is 12.1 Å². The quantitative estimate of drug-likeness (QED) is 0.787. The molecular weight excluding hydrogens is 293 g/mol. The molecule has 0 saturated carbocycles. The molecule has 0 saturated heterocycles. The van der Waals surface area contributed by atoms with E-state index in [2.05, 4.69) is 15.4 Å². The molecule has 2 N–H and O–H groups in total. The van der Waals surface area contributed by atoms with Crippen LogP contribution in [-0.2, 0) is 20.9 Å². The second-order valence-electron chi connectivity index (χ2n) is 4.19. The van der Waals surface area contributed by atoms with Crippen molar-refractivity contribution < 1.29 is 31.9 Å². The van der Waals surface area contributed by atoms with Gasteiger partial charge in [0, 0.05) is 0 Å². The average molecular weight is 308 g/mol. The summed E-state index contributed by atoms with van der Waals surface area (Å²) >= 11 is 0. The van der Waals surface area contributed by atoms with Crippen molar-refractivity contribution in [2.75, 3.05) is 13.2 Å². The van der Waals surface area contributed by atoms with E-state index in [-0.39, 0.29) is 6.54 Å². The van der Waals surface area contributed by atoms with Gasteiger partial charge in [0.15, 0.2) is 0 Å². The van der Waals surface area contributed by atoms with Crippen molar-refractivity contribution in [1.29, 1.82) is 0 Å². The smallest absolute Gasteiger partial charge is 0.411 e. The molecule has 0 fully saturated rings. The summed E-state index contributed by atoms with van der Waals surface area (Å²) in [6, 6.07) is 2.42. The summed E-state index contributed by atoms with van der Waals surface area (Å²) < 4.78 is 44.6. The Labute approximate surface area is 118 Å². The lowest BCUT2D eigenvalue weighted by molar-refractivity contribution is -0.175. The van der Waals surface area contributed by atoms with Crippen molar-refractivity contribution in [3.8, 4) is 0 Å². The highest BCUT2D eigenvalue weighted by atomic mass is 19.4. The van der Waals surface area contributed by atoms with Crippen molar-refractivity contribution in [3.63, 3.8) is 0 Å². The number of halogens is 3. The SMILES string of the molecule is C[C@@H](NC(=O)COCC(F)(F)F)C(=O)NCc1ccco1. The Morgan fingerprint density at radius 2 is 2.14 bits per heavy atom. The minimum Gasteiger partial charge on any atom is -0.467 e. The summed E-state index contributed by atoms with van der Waals surface area (Å²) in [6.07, 6.45) is -3.04. The van der Waals surface area contributed by atoms with Gasteiger partial charge in [-0.25, -0.2) is 0 Å². The lowest BCUT2D eigenvalue weighted by atomic mass is 10.3. The number of furan rings is 1. The topological polar surface area (TPSA) is 80.6 Å². The Kier molecular flexibility index (Phi) is 6.22. The first-order chi connectivity index (χ1) is 9.78. The van der Waals surface area contributed by atoms with Crippen molar-refractivity contribution in [2.45, 2.75) is 25.7 Å². The molecule has 0 unspecified atom stereocenters. The highest BCUT2D eigenvalue weighted by Gasteiger charge is 2.28. The van der Waals surface area contributed by atoms with Gasteiger partial charge in [-0.15, -0.1) is 0 Å². The summed E-state index contributed by atoms with van der Waals surface area (Å²) in [5.74, 6) is -0.758. The van der Waals surface area contributed by atoms with Gasteiger partial charge < -0.3 is 19.8 Å². The molecule has 1 aromatic rings. The van der Waals surface area contributed by atoms with Crippen LogP contribution >= 0.6 is 0 Å². The number of rotatable bonds is 7. The number of alkyl halides is 3. The molecule has 0 aliphatic heterocycles. The van der Waals surface area contributed by atoms with Gasteiger partial charge in [-0.1, -0.05) is 0 Å². The third-order valence-corrected chi connectivity index (χ3v) is 2.29. The Morgan fingerprint density at radius 1 is 1.43 bits per heavy atom. The molecule has 2 amide bonds. The lowest BCUT2D eigenvalue weighted by Crippen LogP contribution is -2.45. The van der Waals surface area contributed by atoms with E-state index in [1.807, 2.05) is 0 Å². The summed E-state index contributed by atoms with van der Waals surface area (Å²) in [7, 11) is 0. The minimum absolute atomic E-state index is 0.149. The van der Waals surface area contributed by atoms with Crippen molar-refractivity contribution in [3.05, 3.63) is 24.2 Å². The molecule has 118 valence electrons.